The number of benzene rings is 2. The number of rotatable bonds is 4. The third kappa shape index (κ3) is 3.28. The number of methoxy groups -OCH3 is 1. The summed E-state index contributed by atoms with van der Waals surface area (Å²) in [6.07, 6.45) is 0. The molecule has 0 radical (unpaired) electrons. The van der Waals surface area contributed by atoms with Gasteiger partial charge >= 0.3 is 5.97 Å². The number of carbonyl (C=O) groups excluding carboxylic acids is 1. The third-order valence-corrected chi connectivity index (χ3v) is 2.91. The minimum Gasteiger partial charge on any atom is -0.508 e. The van der Waals surface area contributed by atoms with E-state index in [1.165, 1.54) is 18.2 Å². The van der Waals surface area contributed by atoms with Crippen molar-refractivity contribution in [1.82, 2.24) is 0 Å². The summed E-state index contributed by atoms with van der Waals surface area (Å²) in [6, 6.07) is 7.62. The van der Waals surface area contributed by atoms with Gasteiger partial charge in [-0.3, -0.25) is 0 Å². The molecular weight excluding hydrogens is 280 g/mol. The monoisotopic (exact) mass is 293 g/mol. The first-order valence-electron chi connectivity index (χ1n) is 6.10. The number of halogens is 2. The van der Waals surface area contributed by atoms with E-state index in [1.54, 1.807) is 6.07 Å². The van der Waals surface area contributed by atoms with Crippen LogP contribution in [-0.2, 0) is 9.53 Å². The van der Waals surface area contributed by atoms with Crippen LogP contribution in [0.1, 0.15) is 11.6 Å². The Balaban J connectivity index is 2.42. The lowest BCUT2D eigenvalue weighted by atomic mass is 10.0. The maximum Gasteiger partial charge on any atom is 0.333 e. The molecule has 0 aromatic heterocycles. The maximum absolute atomic E-state index is 13.7. The van der Waals surface area contributed by atoms with Gasteiger partial charge in [0.05, 0.1) is 12.8 Å². The van der Waals surface area contributed by atoms with Crippen LogP contribution in [0.3, 0.4) is 0 Å². The van der Waals surface area contributed by atoms with E-state index >= 15 is 0 Å². The number of hydrogen-bond acceptors (Lipinski definition) is 4. The number of phenolic OH excluding ortho intramolecular Hbond substituents is 1. The first-order valence-corrected chi connectivity index (χ1v) is 6.10. The fourth-order valence-corrected chi connectivity index (χ4v) is 1.87. The SMILES string of the molecule is COC(=O)C(Nc1ccccc1F)c1cc(F)ccc1O. The molecule has 0 amide bonds. The molecule has 0 aliphatic heterocycles. The van der Waals surface area contributed by atoms with Gasteiger partial charge in [-0.25, -0.2) is 13.6 Å². The van der Waals surface area contributed by atoms with Crippen molar-refractivity contribution in [3.63, 3.8) is 0 Å². The van der Waals surface area contributed by atoms with Crippen molar-refractivity contribution < 1.29 is 23.4 Å². The van der Waals surface area contributed by atoms with Crippen LogP contribution in [0.15, 0.2) is 42.5 Å². The van der Waals surface area contributed by atoms with Crippen LogP contribution in [0.25, 0.3) is 0 Å². The van der Waals surface area contributed by atoms with Crippen molar-refractivity contribution in [2.75, 3.05) is 12.4 Å². The van der Waals surface area contributed by atoms with Gasteiger partial charge in [0.25, 0.3) is 0 Å². The molecule has 0 saturated carbocycles. The highest BCUT2D eigenvalue weighted by Crippen LogP contribution is 2.29. The zero-order valence-corrected chi connectivity index (χ0v) is 11.1. The van der Waals surface area contributed by atoms with Crippen LogP contribution >= 0.6 is 0 Å². The van der Waals surface area contributed by atoms with Gasteiger partial charge in [0.1, 0.15) is 17.4 Å². The van der Waals surface area contributed by atoms with Gasteiger partial charge in [-0.1, -0.05) is 12.1 Å². The van der Waals surface area contributed by atoms with Crippen molar-refractivity contribution in [3.8, 4) is 5.75 Å². The molecule has 21 heavy (non-hydrogen) atoms. The van der Waals surface area contributed by atoms with E-state index in [1.807, 2.05) is 0 Å². The standard InChI is InChI=1S/C15H13F2NO3/c1-21-15(20)14(10-8-9(16)6-7-13(10)19)18-12-5-3-2-4-11(12)17/h2-8,14,18-19H,1H3. The second-order valence-electron chi connectivity index (χ2n) is 4.28. The normalized spacial score (nSPS) is 11.8. The smallest absolute Gasteiger partial charge is 0.333 e. The van der Waals surface area contributed by atoms with E-state index in [9.17, 15) is 18.7 Å². The van der Waals surface area contributed by atoms with Crippen molar-refractivity contribution >= 4 is 11.7 Å². The lowest BCUT2D eigenvalue weighted by Gasteiger charge is -2.19. The minimum absolute atomic E-state index is 0.0369. The van der Waals surface area contributed by atoms with Gasteiger partial charge in [-0.2, -0.15) is 0 Å². The summed E-state index contributed by atoms with van der Waals surface area (Å²) < 4.78 is 31.6. The van der Waals surface area contributed by atoms with Crippen molar-refractivity contribution in [2.24, 2.45) is 0 Å². The van der Waals surface area contributed by atoms with Crippen molar-refractivity contribution in [3.05, 3.63) is 59.7 Å². The molecule has 2 rings (SSSR count). The molecule has 4 nitrogen and oxygen atoms in total. The van der Waals surface area contributed by atoms with Crippen molar-refractivity contribution in [1.29, 1.82) is 0 Å². The van der Waals surface area contributed by atoms with Crippen LogP contribution < -0.4 is 5.32 Å². The molecule has 0 aliphatic carbocycles. The van der Waals surface area contributed by atoms with Gasteiger partial charge in [0.15, 0.2) is 6.04 Å². The van der Waals surface area contributed by atoms with Gasteiger partial charge < -0.3 is 15.2 Å². The predicted molar refractivity (Wildman–Crippen MR) is 72.8 cm³/mol. The maximum atomic E-state index is 13.7. The summed E-state index contributed by atoms with van der Waals surface area (Å²) in [5.41, 5.74) is 0.00154. The van der Waals surface area contributed by atoms with Gasteiger partial charge in [0.2, 0.25) is 0 Å². The lowest BCUT2D eigenvalue weighted by molar-refractivity contribution is -0.141. The summed E-state index contributed by atoms with van der Waals surface area (Å²) in [5, 5.41) is 12.4. The number of aromatic hydroxyl groups is 1. The van der Waals surface area contributed by atoms with Crippen LogP contribution in [0.4, 0.5) is 14.5 Å². The molecule has 2 N–H and O–H groups in total. The molecule has 1 atom stereocenters. The number of para-hydroxylation sites is 1. The Bertz CT molecular complexity index is 661. The molecule has 1 unspecified atom stereocenters. The van der Waals surface area contributed by atoms with E-state index in [4.69, 9.17) is 0 Å². The molecule has 2 aromatic rings. The topological polar surface area (TPSA) is 58.6 Å². The summed E-state index contributed by atoms with van der Waals surface area (Å²) in [5.74, 6) is -2.29. The molecule has 110 valence electrons. The summed E-state index contributed by atoms with van der Waals surface area (Å²) in [4.78, 5) is 11.9. The molecule has 0 bridgehead atoms. The number of hydrogen-bond donors (Lipinski definition) is 2. The van der Waals surface area contributed by atoms with Crippen LogP contribution in [0.5, 0.6) is 5.75 Å². The fraction of sp³-hybridized carbons (Fsp3) is 0.133. The number of anilines is 1. The van der Waals surface area contributed by atoms with Gasteiger partial charge in [-0.05, 0) is 30.3 Å². The zero-order chi connectivity index (χ0) is 15.4. The zero-order valence-electron chi connectivity index (χ0n) is 11.1. The molecule has 2 aromatic carbocycles. The summed E-state index contributed by atoms with van der Waals surface area (Å²) in [7, 11) is 1.15. The van der Waals surface area contributed by atoms with E-state index in [2.05, 4.69) is 10.1 Å². The van der Waals surface area contributed by atoms with E-state index in [0.717, 1.165) is 25.3 Å². The first kappa shape index (κ1) is 14.8. The molecule has 0 heterocycles. The molecule has 0 saturated heterocycles. The Hall–Kier alpha value is -2.63. The van der Waals surface area contributed by atoms with Crippen LogP contribution in [-0.4, -0.2) is 18.2 Å². The fourth-order valence-electron chi connectivity index (χ4n) is 1.87. The summed E-state index contributed by atoms with van der Waals surface area (Å²) in [6.45, 7) is 0. The van der Waals surface area contributed by atoms with Gasteiger partial charge in [-0.15, -0.1) is 0 Å². The molecule has 0 spiro atoms. The first-order chi connectivity index (χ1) is 10.0. The summed E-state index contributed by atoms with van der Waals surface area (Å²) >= 11 is 0. The van der Waals surface area contributed by atoms with E-state index in [0.29, 0.717) is 0 Å². The Kier molecular flexibility index (Phi) is 4.37. The molecule has 0 fully saturated rings. The van der Waals surface area contributed by atoms with E-state index in [-0.39, 0.29) is 17.0 Å². The van der Waals surface area contributed by atoms with Crippen LogP contribution in [0.2, 0.25) is 0 Å². The Labute approximate surface area is 120 Å². The second kappa shape index (κ2) is 6.21. The van der Waals surface area contributed by atoms with E-state index < -0.39 is 23.6 Å². The van der Waals surface area contributed by atoms with Crippen LogP contribution in [0, 0.1) is 11.6 Å². The number of carbonyl (C=O) groups is 1. The number of ether oxygens (including phenoxy) is 1. The Morgan fingerprint density at radius 3 is 2.62 bits per heavy atom. The highest BCUT2D eigenvalue weighted by Gasteiger charge is 2.25. The highest BCUT2D eigenvalue weighted by atomic mass is 19.1. The third-order valence-electron chi connectivity index (χ3n) is 2.91. The quantitative estimate of drug-likeness (QED) is 0.851. The van der Waals surface area contributed by atoms with Crippen molar-refractivity contribution in [2.45, 2.75) is 6.04 Å². The lowest BCUT2D eigenvalue weighted by Crippen LogP contribution is -2.23. The number of esters is 1. The minimum atomic E-state index is -1.23. The second-order valence-corrected chi connectivity index (χ2v) is 4.28. The Morgan fingerprint density at radius 2 is 1.95 bits per heavy atom. The average Bonchev–Trinajstić information content (AvgIpc) is 2.48. The highest BCUT2D eigenvalue weighted by molar-refractivity contribution is 5.82. The predicted octanol–water partition coefficient (Wildman–Crippen LogP) is 3.00. The Morgan fingerprint density at radius 1 is 1.24 bits per heavy atom. The number of phenols is 1. The van der Waals surface area contributed by atoms with Gasteiger partial charge in [0, 0.05) is 5.56 Å². The average molecular weight is 293 g/mol. The number of nitrogens with one attached hydrogen (secondary N) is 1. The molecule has 6 heteroatoms. The molecular formula is C15H13F2NO3. The molecule has 0 aliphatic rings. The largest absolute Gasteiger partial charge is 0.508 e.